The molecule has 1 rings (SSSR count). The zero-order chi connectivity index (χ0) is 10.7. The molecule has 1 N–H and O–H groups in total. The molecule has 0 aromatic rings. The van der Waals surface area contributed by atoms with Gasteiger partial charge in [0.15, 0.2) is 0 Å². The third kappa shape index (κ3) is 3.36. The van der Waals surface area contributed by atoms with Gasteiger partial charge >= 0.3 is 0 Å². The van der Waals surface area contributed by atoms with Crippen LogP contribution in [0.2, 0.25) is 0 Å². The first-order valence-corrected chi connectivity index (χ1v) is 5.94. The monoisotopic (exact) mass is 195 g/mol. The van der Waals surface area contributed by atoms with E-state index in [4.69, 9.17) is 0 Å². The van der Waals surface area contributed by atoms with Crippen LogP contribution in [0.15, 0.2) is 12.3 Å². The van der Waals surface area contributed by atoms with Gasteiger partial charge in [0.2, 0.25) is 0 Å². The summed E-state index contributed by atoms with van der Waals surface area (Å²) in [4.78, 5) is 0. The maximum Gasteiger partial charge on any atom is 0.0201 e. The smallest absolute Gasteiger partial charge is 0.0201 e. The molecule has 0 aromatic heterocycles. The van der Waals surface area contributed by atoms with Crippen molar-refractivity contribution in [2.24, 2.45) is 17.8 Å². The number of hydrogen-bond donors (Lipinski definition) is 1. The molecule has 1 aliphatic rings. The first-order chi connectivity index (χ1) is 6.49. The van der Waals surface area contributed by atoms with Crippen molar-refractivity contribution in [3.8, 4) is 0 Å². The first kappa shape index (κ1) is 11.6. The molecule has 1 heteroatoms. The molecule has 0 heterocycles. The lowest BCUT2D eigenvalue weighted by Crippen LogP contribution is -2.34. The van der Waals surface area contributed by atoms with Crippen LogP contribution >= 0.6 is 0 Å². The Bertz CT molecular complexity index is 187. The molecule has 0 amide bonds. The van der Waals surface area contributed by atoms with Crippen molar-refractivity contribution >= 4 is 0 Å². The van der Waals surface area contributed by atoms with E-state index >= 15 is 0 Å². The Morgan fingerprint density at radius 1 is 1.29 bits per heavy atom. The molecule has 0 aliphatic heterocycles. The molecule has 1 aliphatic carbocycles. The number of nitrogens with one attached hydrogen (secondary N) is 1. The number of allylic oxidation sites excluding steroid dienone is 1. The fourth-order valence-electron chi connectivity index (χ4n) is 2.37. The summed E-state index contributed by atoms with van der Waals surface area (Å²) in [6.07, 6.45) is 4.11. The topological polar surface area (TPSA) is 12.0 Å². The molecule has 0 aromatic carbocycles. The molecule has 0 bridgehead atoms. The van der Waals surface area contributed by atoms with Crippen molar-refractivity contribution < 1.29 is 0 Å². The molecule has 0 spiro atoms. The predicted molar refractivity (Wildman–Crippen MR) is 63.1 cm³/mol. The maximum atomic E-state index is 4.12. The van der Waals surface area contributed by atoms with Crippen LogP contribution in [0.3, 0.4) is 0 Å². The minimum Gasteiger partial charge on any atom is -0.386 e. The Morgan fingerprint density at radius 2 is 1.86 bits per heavy atom. The minimum atomic E-state index is 0.534. The molecular weight excluding hydrogens is 170 g/mol. The number of rotatable bonds is 5. The van der Waals surface area contributed by atoms with Gasteiger partial charge in [-0.3, -0.25) is 0 Å². The second-order valence-electron chi connectivity index (χ2n) is 5.49. The molecule has 1 fully saturated rings. The lowest BCUT2D eigenvalue weighted by atomic mass is 9.70. The van der Waals surface area contributed by atoms with Gasteiger partial charge in [-0.1, -0.05) is 20.4 Å². The maximum absolute atomic E-state index is 4.12. The van der Waals surface area contributed by atoms with Gasteiger partial charge in [-0.2, -0.15) is 0 Å². The summed E-state index contributed by atoms with van der Waals surface area (Å²) in [5, 5.41) is 3.42. The van der Waals surface area contributed by atoms with E-state index < -0.39 is 0 Å². The molecule has 0 unspecified atom stereocenters. The number of hydrogen-bond acceptors (Lipinski definition) is 1. The standard InChI is InChI=1S/C13H25N/c1-9(2)6-12-7-13(8-12)11(5)14-10(3)4/h9-10,12-14H,5-8H2,1-4H3. The van der Waals surface area contributed by atoms with Crippen LogP contribution in [0, 0.1) is 17.8 Å². The third-order valence-corrected chi connectivity index (χ3v) is 3.01. The van der Waals surface area contributed by atoms with Crippen molar-refractivity contribution in [1.29, 1.82) is 0 Å². The van der Waals surface area contributed by atoms with Gasteiger partial charge in [0, 0.05) is 11.7 Å². The van der Waals surface area contributed by atoms with E-state index in [-0.39, 0.29) is 0 Å². The Labute approximate surface area is 89.0 Å². The highest BCUT2D eigenvalue weighted by atomic mass is 14.9. The van der Waals surface area contributed by atoms with Crippen LogP contribution < -0.4 is 5.32 Å². The molecule has 0 atom stereocenters. The quantitative estimate of drug-likeness (QED) is 0.707. The van der Waals surface area contributed by atoms with E-state index in [2.05, 4.69) is 39.6 Å². The summed E-state index contributed by atoms with van der Waals surface area (Å²) in [7, 11) is 0. The van der Waals surface area contributed by atoms with Crippen molar-refractivity contribution in [2.45, 2.75) is 53.0 Å². The van der Waals surface area contributed by atoms with Crippen molar-refractivity contribution in [2.75, 3.05) is 0 Å². The Morgan fingerprint density at radius 3 is 2.29 bits per heavy atom. The largest absolute Gasteiger partial charge is 0.386 e. The van der Waals surface area contributed by atoms with E-state index in [1.54, 1.807) is 0 Å². The fraction of sp³-hybridized carbons (Fsp3) is 0.846. The van der Waals surface area contributed by atoms with Gasteiger partial charge in [-0.25, -0.2) is 0 Å². The van der Waals surface area contributed by atoms with Gasteiger partial charge in [-0.05, 0) is 50.9 Å². The van der Waals surface area contributed by atoms with Crippen molar-refractivity contribution in [3.63, 3.8) is 0 Å². The highest BCUT2D eigenvalue weighted by Crippen LogP contribution is 2.40. The summed E-state index contributed by atoms with van der Waals surface area (Å²) in [5.41, 5.74) is 1.26. The van der Waals surface area contributed by atoms with Crippen molar-refractivity contribution in [3.05, 3.63) is 12.3 Å². The minimum absolute atomic E-state index is 0.534. The van der Waals surface area contributed by atoms with E-state index in [1.165, 1.54) is 25.0 Å². The summed E-state index contributed by atoms with van der Waals surface area (Å²) in [6, 6.07) is 0.534. The average molecular weight is 195 g/mol. The Balaban J connectivity index is 2.17. The van der Waals surface area contributed by atoms with E-state index in [9.17, 15) is 0 Å². The molecular formula is C13H25N. The summed E-state index contributed by atoms with van der Waals surface area (Å²) < 4.78 is 0. The Hall–Kier alpha value is -0.460. The summed E-state index contributed by atoms with van der Waals surface area (Å²) in [6.45, 7) is 13.1. The normalized spacial score (nSPS) is 26.4. The fourth-order valence-corrected chi connectivity index (χ4v) is 2.37. The van der Waals surface area contributed by atoms with Gasteiger partial charge in [0.25, 0.3) is 0 Å². The lowest BCUT2D eigenvalue weighted by Gasteiger charge is -2.38. The zero-order valence-electron chi connectivity index (χ0n) is 10.1. The lowest BCUT2D eigenvalue weighted by molar-refractivity contribution is 0.186. The van der Waals surface area contributed by atoms with Gasteiger partial charge in [0.05, 0.1) is 0 Å². The SMILES string of the molecule is C=C(NC(C)C)C1CC(CC(C)C)C1. The molecule has 14 heavy (non-hydrogen) atoms. The van der Waals surface area contributed by atoms with Crippen LogP contribution in [0.4, 0.5) is 0 Å². The van der Waals surface area contributed by atoms with Gasteiger partial charge in [0.1, 0.15) is 0 Å². The van der Waals surface area contributed by atoms with Gasteiger partial charge in [-0.15, -0.1) is 0 Å². The van der Waals surface area contributed by atoms with E-state index in [1.807, 2.05) is 0 Å². The molecule has 82 valence electrons. The van der Waals surface area contributed by atoms with E-state index in [0.717, 1.165) is 17.8 Å². The second-order valence-corrected chi connectivity index (χ2v) is 5.49. The zero-order valence-corrected chi connectivity index (χ0v) is 10.1. The first-order valence-electron chi connectivity index (χ1n) is 5.94. The highest BCUT2D eigenvalue weighted by molar-refractivity contribution is 5.04. The summed E-state index contributed by atoms with van der Waals surface area (Å²) >= 11 is 0. The highest BCUT2D eigenvalue weighted by Gasteiger charge is 2.31. The molecule has 0 radical (unpaired) electrons. The second kappa shape index (κ2) is 4.86. The molecule has 0 saturated heterocycles. The van der Waals surface area contributed by atoms with Gasteiger partial charge < -0.3 is 5.32 Å². The van der Waals surface area contributed by atoms with Crippen LogP contribution in [0.5, 0.6) is 0 Å². The van der Waals surface area contributed by atoms with E-state index in [0.29, 0.717) is 6.04 Å². The predicted octanol–water partition coefficient (Wildman–Crippen LogP) is 3.57. The average Bonchev–Trinajstić information content (AvgIpc) is 1.93. The molecule has 1 saturated carbocycles. The Kier molecular flexibility index (Phi) is 4.03. The van der Waals surface area contributed by atoms with Crippen molar-refractivity contribution in [1.82, 2.24) is 5.32 Å². The van der Waals surface area contributed by atoms with Crippen LogP contribution in [-0.2, 0) is 0 Å². The molecule has 1 nitrogen and oxygen atoms in total. The summed E-state index contributed by atoms with van der Waals surface area (Å²) in [5.74, 6) is 2.57. The van der Waals surface area contributed by atoms with Crippen LogP contribution in [-0.4, -0.2) is 6.04 Å². The third-order valence-electron chi connectivity index (χ3n) is 3.01. The van der Waals surface area contributed by atoms with Crippen LogP contribution in [0.1, 0.15) is 47.0 Å². The van der Waals surface area contributed by atoms with Crippen LogP contribution in [0.25, 0.3) is 0 Å².